The quantitative estimate of drug-likeness (QED) is 0.632. The molecule has 6 heteroatoms. The first kappa shape index (κ1) is 15.5. The van der Waals surface area contributed by atoms with Gasteiger partial charge in [0.2, 0.25) is 10.0 Å². The van der Waals surface area contributed by atoms with Crippen LogP contribution in [-0.4, -0.2) is 15.0 Å². The van der Waals surface area contributed by atoms with E-state index in [0.717, 1.165) is 12.8 Å². The van der Waals surface area contributed by atoms with Crippen molar-refractivity contribution in [2.24, 2.45) is 0 Å². The van der Waals surface area contributed by atoms with Gasteiger partial charge in [0.05, 0.1) is 9.92 Å². The summed E-state index contributed by atoms with van der Waals surface area (Å²) in [7, 11) is -3.48. The average Bonchev–Trinajstić information content (AvgIpc) is 2.32. The van der Waals surface area contributed by atoms with Gasteiger partial charge < -0.3 is 0 Å². The smallest absolute Gasteiger partial charge is 0.211 e. The Morgan fingerprint density at radius 2 is 2.11 bits per heavy atom. The molecule has 0 spiro atoms. The van der Waals surface area contributed by atoms with E-state index < -0.39 is 10.0 Å². The molecule has 0 amide bonds. The molecule has 0 saturated heterocycles. The third-order valence-electron chi connectivity index (χ3n) is 2.24. The first-order valence-corrected chi connectivity index (χ1v) is 8.01. The molecule has 0 aliphatic carbocycles. The van der Waals surface area contributed by atoms with Crippen molar-refractivity contribution in [1.29, 1.82) is 0 Å². The van der Waals surface area contributed by atoms with E-state index in [9.17, 15) is 8.42 Å². The highest BCUT2D eigenvalue weighted by Crippen LogP contribution is 2.25. The van der Waals surface area contributed by atoms with Crippen molar-refractivity contribution in [3.8, 4) is 12.3 Å². The van der Waals surface area contributed by atoms with E-state index in [1.165, 1.54) is 12.1 Å². The summed E-state index contributed by atoms with van der Waals surface area (Å²) in [6.07, 6.45) is 7.30. The van der Waals surface area contributed by atoms with Crippen LogP contribution < -0.4 is 4.72 Å². The van der Waals surface area contributed by atoms with Crippen molar-refractivity contribution < 1.29 is 8.42 Å². The summed E-state index contributed by atoms with van der Waals surface area (Å²) in [4.78, 5) is 0.190. The lowest BCUT2D eigenvalue weighted by Gasteiger charge is -2.07. The maximum Gasteiger partial charge on any atom is 0.240 e. The molecule has 0 aliphatic heterocycles. The Balaban J connectivity index is 2.63. The molecule has 18 heavy (non-hydrogen) atoms. The molecular formula is C12H13BrClNO2S. The number of unbranched alkanes of at least 4 members (excludes halogenated alkanes) is 2. The number of benzene rings is 1. The van der Waals surface area contributed by atoms with Crippen molar-refractivity contribution in [1.82, 2.24) is 4.72 Å². The van der Waals surface area contributed by atoms with Gasteiger partial charge >= 0.3 is 0 Å². The van der Waals surface area contributed by atoms with Crippen LogP contribution in [0.15, 0.2) is 27.6 Å². The van der Waals surface area contributed by atoms with Gasteiger partial charge in [-0.2, -0.15) is 0 Å². The second-order valence-corrected chi connectivity index (χ2v) is 6.66. The number of halogens is 2. The molecule has 0 radical (unpaired) electrons. The first-order chi connectivity index (χ1) is 8.47. The number of sulfonamides is 1. The van der Waals surface area contributed by atoms with E-state index in [2.05, 4.69) is 26.6 Å². The molecule has 0 saturated carbocycles. The largest absolute Gasteiger partial charge is 0.240 e. The zero-order valence-electron chi connectivity index (χ0n) is 9.62. The van der Waals surface area contributed by atoms with E-state index in [1.54, 1.807) is 6.07 Å². The minimum absolute atomic E-state index is 0.190. The minimum atomic E-state index is -3.48. The van der Waals surface area contributed by atoms with Crippen molar-refractivity contribution in [2.75, 3.05) is 6.54 Å². The Morgan fingerprint density at radius 1 is 1.39 bits per heavy atom. The summed E-state index contributed by atoms with van der Waals surface area (Å²) < 4.78 is 26.9. The topological polar surface area (TPSA) is 46.2 Å². The first-order valence-electron chi connectivity index (χ1n) is 5.35. The third kappa shape index (κ3) is 4.62. The maximum absolute atomic E-state index is 11.9. The van der Waals surface area contributed by atoms with Crippen LogP contribution in [0.5, 0.6) is 0 Å². The van der Waals surface area contributed by atoms with Crippen LogP contribution in [-0.2, 0) is 10.0 Å². The number of rotatable bonds is 6. The molecule has 1 aromatic carbocycles. The lowest BCUT2D eigenvalue weighted by atomic mass is 10.2. The summed E-state index contributed by atoms with van der Waals surface area (Å²) in [5, 5.41) is 0.475. The Labute approximate surface area is 121 Å². The zero-order chi connectivity index (χ0) is 13.6. The highest BCUT2D eigenvalue weighted by Gasteiger charge is 2.14. The number of terminal acetylenes is 1. The molecule has 0 atom stereocenters. The molecule has 1 aromatic rings. The Kier molecular flexibility index (Phi) is 6.16. The Hall–Kier alpha value is -0.540. The molecule has 0 fully saturated rings. The molecular weight excluding hydrogens is 338 g/mol. The monoisotopic (exact) mass is 349 g/mol. The summed E-state index contributed by atoms with van der Waals surface area (Å²) >= 11 is 9.01. The van der Waals surface area contributed by atoms with Crippen molar-refractivity contribution in [2.45, 2.75) is 24.2 Å². The lowest BCUT2D eigenvalue weighted by molar-refractivity contribution is 0.577. The predicted molar refractivity (Wildman–Crippen MR) is 77.0 cm³/mol. The summed E-state index contributed by atoms with van der Waals surface area (Å²) in [6.45, 7) is 0.379. The van der Waals surface area contributed by atoms with Crippen LogP contribution in [0.1, 0.15) is 19.3 Å². The van der Waals surface area contributed by atoms with Crippen LogP contribution in [0.25, 0.3) is 0 Å². The molecule has 0 unspecified atom stereocenters. The fourth-order valence-electron chi connectivity index (χ4n) is 1.29. The van der Waals surface area contributed by atoms with E-state index in [1.807, 2.05) is 0 Å². The fraction of sp³-hybridized carbons (Fsp3) is 0.333. The van der Waals surface area contributed by atoms with E-state index in [0.29, 0.717) is 22.5 Å². The summed E-state index contributed by atoms with van der Waals surface area (Å²) in [5.41, 5.74) is 0. The molecule has 1 N–H and O–H groups in total. The standard InChI is InChI=1S/C12H13BrClNO2S/c1-2-3-4-5-8-15-18(16,17)10-6-7-12(14)11(13)9-10/h1,6-7,9,15H,3-5,8H2. The van der Waals surface area contributed by atoms with Crippen molar-refractivity contribution >= 4 is 37.6 Å². The van der Waals surface area contributed by atoms with Crippen LogP contribution in [0.4, 0.5) is 0 Å². The Bertz CT molecular complexity index is 552. The molecule has 0 aromatic heterocycles. The van der Waals surface area contributed by atoms with Gasteiger partial charge in [-0.25, -0.2) is 13.1 Å². The molecule has 98 valence electrons. The van der Waals surface area contributed by atoms with Crippen molar-refractivity contribution in [3.05, 3.63) is 27.7 Å². The highest BCUT2D eigenvalue weighted by atomic mass is 79.9. The number of hydrogen-bond donors (Lipinski definition) is 1. The number of hydrogen-bond acceptors (Lipinski definition) is 2. The third-order valence-corrected chi connectivity index (χ3v) is 4.91. The van der Waals surface area contributed by atoms with Gasteiger partial charge in [0.25, 0.3) is 0 Å². The van der Waals surface area contributed by atoms with Gasteiger partial charge in [0.1, 0.15) is 0 Å². The van der Waals surface area contributed by atoms with Gasteiger partial charge in [-0.3, -0.25) is 0 Å². The number of nitrogens with one attached hydrogen (secondary N) is 1. The van der Waals surface area contributed by atoms with Gasteiger partial charge in [0, 0.05) is 17.4 Å². The van der Waals surface area contributed by atoms with Crippen LogP contribution in [0.3, 0.4) is 0 Å². The van der Waals surface area contributed by atoms with Gasteiger partial charge in [0.15, 0.2) is 0 Å². The minimum Gasteiger partial charge on any atom is -0.211 e. The normalized spacial score (nSPS) is 11.2. The molecule has 0 bridgehead atoms. The summed E-state index contributed by atoms with van der Waals surface area (Å²) in [5.74, 6) is 2.51. The predicted octanol–water partition coefficient (Wildman–Crippen LogP) is 3.18. The van der Waals surface area contributed by atoms with E-state index >= 15 is 0 Å². The van der Waals surface area contributed by atoms with E-state index in [4.69, 9.17) is 18.0 Å². The van der Waals surface area contributed by atoms with Gasteiger partial charge in [-0.05, 0) is 47.0 Å². The average molecular weight is 351 g/mol. The SMILES string of the molecule is C#CCCCCNS(=O)(=O)c1ccc(Cl)c(Br)c1. The Morgan fingerprint density at radius 3 is 2.72 bits per heavy atom. The second-order valence-electron chi connectivity index (χ2n) is 3.63. The fourth-order valence-corrected chi connectivity index (χ4v) is 3.03. The van der Waals surface area contributed by atoms with Crippen LogP contribution in [0, 0.1) is 12.3 Å². The molecule has 0 heterocycles. The summed E-state index contributed by atoms with van der Waals surface area (Å²) in [6, 6.07) is 4.49. The zero-order valence-corrected chi connectivity index (χ0v) is 12.8. The lowest BCUT2D eigenvalue weighted by Crippen LogP contribution is -2.24. The van der Waals surface area contributed by atoms with Gasteiger partial charge in [-0.15, -0.1) is 12.3 Å². The van der Waals surface area contributed by atoms with Crippen molar-refractivity contribution in [3.63, 3.8) is 0 Å². The van der Waals surface area contributed by atoms with Crippen LogP contribution >= 0.6 is 27.5 Å². The van der Waals surface area contributed by atoms with E-state index in [-0.39, 0.29) is 4.90 Å². The highest BCUT2D eigenvalue weighted by molar-refractivity contribution is 9.10. The van der Waals surface area contributed by atoms with Crippen LogP contribution in [0.2, 0.25) is 5.02 Å². The van der Waals surface area contributed by atoms with Gasteiger partial charge in [-0.1, -0.05) is 11.6 Å². The molecule has 3 nitrogen and oxygen atoms in total. The maximum atomic E-state index is 11.9. The molecule has 0 aliphatic rings. The second kappa shape index (κ2) is 7.15. The molecule has 1 rings (SSSR count).